The molecular formula is C15H18N2O2. The smallest absolute Gasteiger partial charge is 0.222 e. The molecule has 1 atom stereocenters. The zero-order valence-electron chi connectivity index (χ0n) is 10.9. The van der Waals surface area contributed by atoms with Gasteiger partial charge in [-0.05, 0) is 24.0 Å². The quantitative estimate of drug-likeness (QED) is 0.768. The molecule has 3 rings (SSSR count). The van der Waals surface area contributed by atoms with E-state index >= 15 is 0 Å². The number of nitrogens with zero attached hydrogens (tertiary/aromatic N) is 2. The Morgan fingerprint density at radius 2 is 2.05 bits per heavy atom. The fraction of sp³-hybridized carbons (Fsp3) is 0.467. The fourth-order valence-electron chi connectivity index (χ4n) is 3.11. The van der Waals surface area contributed by atoms with Gasteiger partial charge in [0, 0.05) is 26.1 Å². The Balaban J connectivity index is 1.87. The summed E-state index contributed by atoms with van der Waals surface area (Å²) >= 11 is 0. The third-order valence-electron chi connectivity index (χ3n) is 4.15. The second kappa shape index (κ2) is 5.03. The molecule has 1 aromatic carbocycles. The van der Waals surface area contributed by atoms with Gasteiger partial charge in [0.05, 0.1) is 6.04 Å². The summed E-state index contributed by atoms with van der Waals surface area (Å²) in [6, 6.07) is 8.26. The van der Waals surface area contributed by atoms with Crippen molar-refractivity contribution < 1.29 is 9.59 Å². The average Bonchev–Trinajstić information content (AvgIpc) is 2.85. The van der Waals surface area contributed by atoms with Crippen molar-refractivity contribution in [2.45, 2.75) is 25.3 Å². The van der Waals surface area contributed by atoms with Crippen molar-refractivity contribution in [3.8, 4) is 0 Å². The van der Waals surface area contributed by atoms with E-state index in [1.165, 1.54) is 11.1 Å². The minimum absolute atomic E-state index is 0.0181. The highest BCUT2D eigenvalue weighted by Crippen LogP contribution is 2.30. The monoisotopic (exact) mass is 258 g/mol. The Labute approximate surface area is 113 Å². The summed E-state index contributed by atoms with van der Waals surface area (Å²) in [5, 5.41) is 0. The first-order chi connectivity index (χ1) is 9.29. The Morgan fingerprint density at radius 1 is 1.21 bits per heavy atom. The molecule has 2 heterocycles. The molecule has 0 aliphatic carbocycles. The highest BCUT2D eigenvalue weighted by Gasteiger charge is 2.30. The van der Waals surface area contributed by atoms with E-state index in [1.807, 2.05) is 21.9 Å². The van der Waals surface area contributed by atoms with Crippen molar-refractivity contribution in [1.82, 2.24) is 9.80 Å². The van der Waals surface area contributed by atoms with E-state index < -0.39 is 0 Å². The molecule has 0 saturated carbocycles. The van der Waals surface area contributed by atoms with Crippen molar-refractivity contribution in [3.05, 3.63) is 35.4 Å². The largest absolute Gasteiger partial charge is 0.340 e. The van der Waals surface area contributed by atoms with Gasteiger partial charge in [0.25, 0.3) is 0 Å². The molecule has 2 aliphatic heterocycles. The van der Waals surface area contributed by atoms with Crippen molar-refractivity contribution >= 4 is 12.3 Å². The molecule has 0 spiro atoms. The van der Waals surface area contributed by atoms with Gasteiger partial charge in [-0.1, -0.05) is 24.3 Å². The predicted molar refractivity (Wildman–Crippen MR) is 71.5 cm³/mol. The van der Waals surface area contributed by atoms with E-state index in [1.54, 1.807) is 0 Å². The number of fused-ring (bicyclic) bond motifs is 1. The second-order valence-electron chi connectivity index (χ2n) is 5.25. The predicted octanol–water partition coefficient (Wildman–Crippen LogP) is 1.36. The number of carbonyl (C=O) groups excluding carboxylic acids is 2. The van der Waals surface area contributed by atoms with E-state index in [0.717, 1.165) is 32.3 Å². The molecule has 1 aromatic rings. The summed E-state index contributed by atoms with van der Waals surface area (Å²) in [4.78, 5) is 26.8. The van der Waals surface area contributed by atoms with Crippen molar-refractivity contribution in [1.29, 1.82) is 0 Å². The molecule has 2 aliphatic rings. The van der Waals surface area contributed by atoms with Gasteiger partial charge < -0.3 is 9.80 Å². The lowest BCUT2D eigenvalue weighted by Crippen LogP contribution is -2.41. The lowest BCUT2D eigenvalue weighted by molar-refractivity contribution is -0.130. The first kappa shape index (κ1) is 12.2. The molecule has 0 radical (unpaired) electrons. The van der Waals surface area contributed by atoms with Crippen LogP contribution in [0.25, 0.3) is 0 Å². The van der Waals surface area contributed by atoms with Gasteiger partial charge in [0.2, 0.25) is 12.3 Å². The molecule has 1 saturated heterocycles. The summed E-state index contributed by atoms with van der Waals surface area (Å²) in [6.45, 7) is 2.20. The van der Waals surface area contributed by atoms with Crippen LogP contribution in [-0.4, -0.2) is 41.8 Å². The highest BCUT2D eigenvalue weighted by molar-refractivity contribution is 5.78. The van der Waals surface area contributed by atoms with Crippen LogP contribution < -0.4 is 0 Å². The number of hydrogen-bond acceptors (Lipinski definition) is 2. The number of hydrogen-bond donors (Lipinski definition) is 0. The van der Waals surface area contributed by atoms with E-state index in [9.17, 15) is 9.59 Å². The van der Waals surface area contributed by atoms with Crippen LogP contribution >= 0.6 is 0 Å². The van der Waals surface area contributed by atoms with Crippen molar-refractivity contribution in [2.24, 2.45) is 0 Å². The molecule has 0 N–H and O–H groups in total. The van der Waals surface area contributed by atoms with E-state index in [2.05, 4.69) is 12.1 Å². The summed E-state index contributed by atoms with van der Waals surface area (Å²) in [5.41, 5.74) is 2.50. The molecule has 1 fully saturated rings. The number of likely N-dealkylation sites (tertiary alicyclic amines) is 1. The molecule has 1 unspecified atom stereocenters. The van der Waals surface area contributed by atoms with Gasteiger partial charge in [-0.25, -0.2) is 0 Å². The maximum absolute atomic E-state index is 11.8. The van der Waals surface area contributed by atoms with Gasteiger partial charge in [-0.3, -0.25) is 9.59 Å². The molecular weight excluding hydrogens is 240 g/mol. The van der Waals surface area contributed by atoms with Crippen LogP contribution in [0.2, 0.25) is 0 Å². The highest BCUT2D eigenvalue weighted by atomic mass is 16.2. The van der Waals surface area contributed by atoms with Crippen LogP contribution in [0.1, 0.15) is 30.0 Å². The molecule has 100 valence electrons. The third kappa shape index (κ3) is 2.23. The molecule has 19 heavy (non-hydrogen) atoms. The maximum atomic E-state index is 11.8. The van der Waals surface area contributed by atoms with E-state index in [4.69, 9.17) is 0 Å². The zero-order chi connectivity index (χ0) is 13.2. The van der Waals surface area contributed by atoms with Gasteiger partial charge in [-0.15, -0.1) is 0 Å². The van der Waals surface area contributed by atoms with Gasteiger partial charge >= 0.3 is 0 Å². The zero-order valence-corrected chi connectivity index (χ0v) is 10.9. The summed E-state index contributed by atoms with van der Waals surface area (Å²) in [6.07, 6.45) is 3.41. The molecule has 0 bridgehead atoms. The van der Waals surface area contributed by atoms with Crippen LogP contribution in [0.3, 0.4) is 0 Å². The van der Waals surface area contributed by atoms with Crippen LogP contribution in [0.4, 0.5) is 0 Å². The fourth-order valence-corrected chi connectivity index (χ4v) is 3.11. The maximum Gasteiger partial charge on any atom is 0.222 e. The second-order valence-corrected chi connectivity index (χ2v) is 5.25. The van der Waals surface area contributed by atoms with Crippen LogP contribution in [0.5, 0.6) is 0 Å². The van der Waals surface area contributed by atoms with Crippen LogP contribution in [0.15, 0.2) is 24.3 Å². The molecule has 2 amide bonds. The van der Waals surface area contributed by atoms with Crippen molar-refractivity contribution in [3.63, 3.8) is 0 Å². The summed E-state index contributed by atoms with van der Waals surface area (Å²) in [7, 11) is 0. The number of benzene rings is 1. The number of carbonyl (C=O) groups is 2. The lowest BCUT2D eigenvalue weighted by Gasteiger charge is -2.37. The number of amides is 2. The van der Waals surface area contributed by atoms with Gasteiger partial charge in [0.1, 0.15) is 0 Å². The first-order valence-electron chi connectivity index (χ1n) is 6.86. The standard InChI is InChI=1S/C15H18N2O2/c18-11-17-9-7-12-4-1-2-5-13(12)14(17)10-16-8-3-6-15(16)19/h1-2,4-5,11,14H,3,6-10H2. The van der Waals surface area contributed by atoms with E-state index in [-0.39, 0.29) is 11.9 Å². The lowest BCUT2D eigenvalue weighted by atomic mass is 9.92. The number of rotatable bonds is 3. The van der Waals surface area contributed by atoms with E-state index in [0.29, 0.717) is 13.0 Å². The Kier molecular flexibility index (Phi) is 3.23. The molecule has 4 heteroatoms. The van der Waals surface area contributed by atoms with Gasteiger partial charge in [-0.2, -0.15) is 0 Å². The van der Waals surface area contributed by atoms with Crippen molar-refractivity contribution in [2.75, 3.05) is 19.6 Å². The Hall–Kier alpha value is -1.84. The SMILES string of the molecule is O=CN1CCc2ccccc2C1CN1CCCC1=O. The first-order valence-corrected chi connectivity index (χ1v) is 6.86. The van der Waals surface area contributed by atoms with Crippen LogP contribution in [0, 0.1) is 0 Å². The topological polar surface area (TPSA) is 40.6 Å². The normalized spacial score (nSPS) is 22.5. The minimum atomic E-state index is 0.0181. The Bertz CT molecular complexity index is 501. The summed E-state index contributed by atoms with van der Waals surface area (Å²) < 4.78 is 0. The van der Waals surface area contributed by atoms with Gasteiger partial charge in [0.15, 0.2) is 0 Å². The molecule has 4 nitrogen and oxygen atoms in total. The summed E-state index contributed by atoms with van der Waals surface area (Å²) in [5.74, 6) is 0.217. The average molecular weight is 258 g/mol. The molecule has 0 aromatic heterocycles. The minimum Gasteiger partial charge on any atom is -0.340 e. The Morgan fingerprint density at radius 3 is 2.79 bits per heavy atom. The van der Waals surface area contributed by atoms with Crippen LogP contribution in [-0.2, 0) is 16.0 Å². The third-order valence-corrected chi connectivity index (χ3v) is 4.15.